The molecule has 0 spiro atoms. The Bertz CT molecular complexity index is 310. The monoisotopic (exact) mass is 272 g/mol. The number of aliphatic hydroxyl groups is 1. The van der Waals surface area contributed by atoms with Gasteiger partial charge in [0.05, 0.1) is 0 Å². The van der Waals surface area contributed by atoms with E-state index in [-0.39, 0.29) is 12.5 Å². The van der Waals surface area contributed by atoms with Crippen LogP contribution in [0.4, 0.5) is 4.79 Å². The maximum Gasteiger partial charge on any atom is 0.408 e. The molecule has 2 amide bonds. The van der Waals surface area contributed by atoms with Gasteiger partial charge in [0, 0.05) is 13.2 Å². The van der Waals surface area contributed by atoms with E-state index in [4.69, 9.17) is 9.84 Å². The second-order valence-corrected chi connectivity index (χ2v) is 5.09. The summed E-state index contributed by atoms with van der Waals surface area (Å²) in [5.41, 5.74) is -0.615. The fourth-order valence-corrected chi connectivity index (χ4v) is 1.26. The first kappa shape index (κ1) is 17.4. The molecule has 6 nitrogen and oxygen atoms in total. The first-order valence-corrected chi connectivity index (χ1v) is 6.29. The van der Waals surface area contributed by atoms with Crippen LogP contribution in [0.15, 0.2) is 12.7 Å². The zero-order valence-corrected chi connectivity index (χ0v) is 11.9. The Morgan fingerprint density at radius 1 is 1.42 bits per heavy atom. The number of aliphatic hydroxyl groups excluding tert-OH is 1. The average Bonchev–Trinajstić information content (AvgIpc) is 2.26. The molecule has 0 aromatic heterocycles. The average molecular weight is 272 g/mol. The van der Waals surface area contributed by atoms with Gasteiger partial charge in [-0.15, -0.1) is 6.58 Å². The normalized spacial score (nSPS) is 12.4. The van der Waals surface area contributed by atoms with E-state index in [9.17, 15) is 9.59 Å². The van der Waals surface area contributed by atoms with Crippen LogP contribution >= 0.6 is 0 Å². The van der Waals surface area contributed by atoms with Crippen LogP contribution in [0.3, 0.4) is 0 Å². The summed E-state index contributed by atoms with van der Waals surface area (Å²) in [5, 5.41) is 13.8. The lowest BCUT2D eigenvalue weighted by molar-refractivity contribution is -0.123. The number of amides is 2. The molecule has 0 saturated carbocycles. The number of hydrogen-bond donors (Lipinski definition) is 3. The van der Waals surface area contributed by atoms with Gasteiger partial charge in [-0.2, -0.15) is 0 Å². The summed E-state index contributed by atoms with van der Waals surface area (Å²) in [6, 6.07) is -0.717. The summed E-state index contributed by atoms with van der Waals surface area (Å²) in [5.74, 6) is -0.320. The van der Waals surface area contributed by atoms with Crippen molar-refractivity contribution in [1.82, 2.24) is 10.6 Å². The molecule has 1 atom stereocenters. The Balaban J connectivity index is 4.35. The first-order valence-electron chi connectivity index (χ1n) is 6.29. The van der Waals surface area contributed by atoms with Crippen molar-refractivity contribution in [3.63, 3.8) is 0 Å². The molecule has 0 heterocycles. The van der Waals surface area contributed by atoms with Crippen LogP contribution in [0.1, 0.15) is 33.6 Å². The second-order valence-electron chi connectivity index (χ2n) is 5.09. The Morgan fingerprint density at radius 2 is 2.05 bits per heavy atom. The zero-order chi connectivity index (χ0) is 14.9. The summed E-state index contributed by atoms with van der Waals surface area (Å²) >= 11 is 0. The fraction of sp³-hybridized carbons (Fsp3) is 0.692. The third-order valence-corrected chi connectivity index (χ3v) is 2.04. The maximum atomic E-state index is 11.8. The number of nitrogens with one attached hydrogen (secondary N) is 2. The van der Waals surface area contributed by atoms with Crippen molar-refractivity contribution in [2.45, 2.75) is 45.3 Å². The van der Waals surface area contributed by atoms with Crippen LogP contribution in [-0.4, -0.2) is 41.9 Å². The van der Waals surface area contributed by atoms with Gasteiger partial charge in [-0.3, -0.25) is 4.79 Å². The Kier molecular flexibility index (Phi) is 7.83. The zero-order valence-electron chi connectivity index (χ0n) is 11.9. The highest BCUT2D eigenvalue weighted by Crippen LogP contribution is 2.07. The van der Waals surface area contributed by atoms with Crippen LogP contribution < -0.4 is 10.6 Å². The van der Waals surface area contributed by atoms with Gasteiger partial charge in [0.25, 0.3) is 0 Å². The van der Waals surface area contributed by atoms with Crippen molar-refractivity contribution in [2.75, 3.05) is 13.2 Å². The maximum absolute atomic E-state index is 11.8. The summed E-state index contributed by atoms with van der Waals surface area (Å²) < 4.78 is 5.09. The van der Waals surface area contributed by atoms with Crippen molar-refractivity contribution in [1.29, 1.82) is 0 Å². The van der Waals surface area contributed by atoms with Gasteiger partial charge in [-0.05, 0) is 33.6 Å². The van der Waals surface area contributed by atoms with E-state index in [1.807, 2.05) is 0 Å². The minimum Gasteiger partial charge on any atom is -0.444 e. The predicted molar refractivity (Wildman–Crippen MR) is 72.7 cm³/mol. The van der Waals surface area contributed by atoms with Crippen LogP contribution in [0.25, 0.3) is 0 Å². The SMILES string of the molecule is C=CC[C@H](NC(=O)OC(C)(C)C)C(=O)NCCCO. The summed E-state index contributed by atoms with van der Waals surface area (Å²) in [7, 11) is 0. The van der Waals surface area contributed by atoms with Crippen molar-refractivity contribution in [2.24, 2.45) is 0 Å². The van der Waals surface area contributed by atoms with Crippen LogP contribution in [0.5, 0.6) is 0 Å². The standard InChI is InChI=1S/C13H24N2O4/c1-5-7-10(11(17)14-8-6-9-16)15-12(18)19-13(2,3)4/h5,10,16H,1,6-9H2,2-4H3,(H,14,17)(H,15,18)/t10-/m0/s1. The highest BCUT2D eigenvalue weighted by atomic mass is 16.6. The van der Waals surface area contributed by atoms with Gasteiger partial charge in [0.1, 0.15) is 11.6 Å². The molecule has 0 saturated heterocycles. The summed E-state index contributed by atoms with van der Waals surface area (Å²) in [6.45, 7) is 9.15. The lowest BCUT2D eigenvalue weighted by atomic mass is 10.2. The van der Waals surface area contributed by atoms with E-state index in [0.29, 0.717) is 19.4 Å². The van der Waals surface area contributed by atoms with Crippen molar-refractivity contribution < 1.29 is 19.4 Å². The molecule has 0 aromatic rings. The summed E-state index contributed by atoms with van der Waals surface area (Å²) in [6.07, 6.45) is 1.69. The number of carbonyl (C=O) groups excluding carboxylic acids is 2. The fourth-order valence-electron chi connectivity index (χ4n) is 1.26. The van der Waals surface area contributed by atoms with Crippen LogP contribution in [0, 0.1) is 0 Å². The van der Waals surface area contributed by atoms with E-state index in [0.717, 1.165) is 0 Å². The number of hydrogen-bond acceptors (Lipinski definition) is 4. The number of ether oxygens (including phenoxy) is 1. The third kappa shape index (κ3) is 9.07. The van der Waals surface area contributed by atoms with E-state index in [1.165, 1.54) is 0 Å². The van der Waals surface area contributed by atoms with Gasteiger partial charge in [0.15, 0.2) is 0 Å². The highest BCUT2D eigenvalue weighted by Gasteiger charge is 2.22. The molecule has 0 aliphatic carbocycles. The molecule has 0 unspecified atom stereocenters. The van der Waals surface area contributed by atoms with Gasteiger partial charge >= 0.3 is 6.09 Å². The minimum absolute atomic E-state index is 0.00585. The molecule has 110 valence electrons. The van der Waals surface area contributed by atoms with E-state index < -0.39 is 17.7 Å². The lowest BCUT2D eigenvalue weighted by Crippen LogP contribution is -2.48. The van der Waals surface area contributed by atoms with Crippen LogP contribution in [0.2, 0.25) is 0 Å². The number of carbonyl (C=O) groups is 2. The molecule has 0 aliphatic rings. The van der Waals surface area contributed by atoms with Crippen molar-refractivity contribution >= 4 is 12.0 Å². The Morgan fingerprint density at radius 3 is 2.53 bits per heavy atom. The minimum atomic E-state index is -0.717. The Labute approximate surface area is 114 Å². The van der Waals surface area contributed by atoms with E-state index in [1.54, 1.807) is 26.8 Å². The molecule has 0 rings (SSSR count). The molecular weight excluding hydrogens is 248 g/mol. The highest BCUT2D eigenvalue weighted by molar-refractivity contribution is 5.85. The molecule has 19 heavy (non-hydrogen) atoms. The largest absolute Gasteiger partial charge is 0.444 e. The third-order valence-electron chi connectivity index (χ3n) is 2.04. The molecule has 0 aromatic carbocycles. The molecule has 0 bridgehead atoms. The molecule has 0 radical (unpaired) electrons. The van der Waals surface area contributed by atoms with E-state index in [2.05, 4.69) is 17.2 Å². The van der Waals surface area contributed by atoms with Crippen LogP contribution in [-0.2, 0) is 9.53 Å². The van der Waals surface area contributed by atoms with Gasteiger partial charge in [0.2, 0.25) is 5.91 Å². The summed E-state index contributed by atoms with van der Waals surface area (Å²) in [4.78, 5) is 23.4. The van der Waals surface area contributed by atoms with Gasteiger partial charge in [-0.1, -0.05) is 6.08 Å². The molecule has 6 heteroatoms. The van der Waals surface area contributed by atoms with E-state index >= 15 is 0 Å². The molecule has 3 N–H and O–H groups in total. The number of alkyl carbamates (subject to hydrolysis) is 1. The first-order chi connectivity index (χ1) is 8.80. The van der Waals surface area contributed by atoms with Crippen molar-refractivity contribution in [3.05, 3.63) is 12.7 Å². The molecule has 0 aliphatic heterocycles. The smallest absolute Gasteiger partial charge is 0.408 e. The van der Waals surface area contributed by atoms with Crippen molar-refractivity contribution in [3.8, 4) is 0 Å². The van der Waals surface area contributed by atoms with Gasteiger partial charge in [-0.25, -0.2) is 4.79 Å². The Hall–Kier alpha value is -1.56. The lowest BCUT2D eigenvalue weighted by Gasteiger charge is -2.22. The quantitative estimate of drug-likeness (QED) is 0.476. The second kappa shape index (κ2) is 8.53. The number of rotatable bonds is 7. The topological polar surface area (TPSA) is 87.7 Å². The molecule has 0 fully saturated rings. The van der Waals surface area contributed by atoms with Gasteiger partial charge < -0.3 is 20.5 Å². The molecular formula is C13H24N2O4. The predicted octanol–water partition coefficient (Wildman–Crippen LogP) is 0.954.